The third-order valence-corrected chi connectivity index (χ3v) is 7.38. The molecule has 1 aliphatic heterocycles. The van der Waals surface area contributed by atoms with Gasteiger partial charge >= 0.3 is 5.97 Å². The van der Waals surface area contributed by atoms with Gasteiger partial charge in [0.1, 0.15) is 19.0 Å². The number of nitrogens with zero attached hydrogens (tertiary/aromatic N) is 3. The van der Waals surface area contributed by atoms with Crippen LogP contribution in [0.5, 0.6) is 0 Å². The van der Waals surface area contributed by atoms with E-state index in [1.54, 1.807) is 6.07 Å². The Hall–Kier alpha value is -3.53. The maximum Gasteiger partial charge on any atom is 0.332 e. The van der Waals surface area contributed by atoms with Gasteiger partial charge < -0.3 is 24.2 Å². The SMILES string of the molecule is CC(C)OC(=O)COC(CCN(C)CCCCN1C(=O)CN(C)C(=O)c2c(F)cccc21)c1ccc2ccccc2c1.Cl. The number of carbonyl (C=O) groups excluding carboxylic acids is 3. The van der Waals surface area contributed by atoms with Gasteiger partial charge in [0.2, 0.25) is 5.91 Å². The van der Waals surface area contributed by atoms with Crippen molar-refractivity contribution in [1.82, 2.24) is 9.80 Å². The van der Waals surface area contributed by atoms with Crippen molar-refractivity contribution in [2.75, 3.05) is 51.8 Å². The molecule has 0 bridgehead atoms. The number of hydrogen-bond acceptors (Lipinski definition) is 6. The Balaban J connectivity index is 0.00000506. The molecule has 0 N–H and O–H groups in total. The Morgan fingerprint density at radius 1 is 1.00 bits per heavy atom. The average Bonchev–Trinajstić information content (AvgIpc) is 3.04. The summed E-state index contributed by atoms with van der Waals surface area (Å²) in [6.07, 6.45) is 1.68. The van der Waals surface area contributed by atoms with Gasteiger partial charge in [-0.15, -0.1) is 12.4 Å². The number of ether oxygens (including phenoxy) is 2. The van der Waals surface area contributed by atoms with Crippen LogP contribution >= 0.6 is 12.4 Å². The van der Waals surface area contributed by atoms with Gasteiger partial charge in [-0.25, -0.2) is 9.18 Å². The molecule has 0 aliphatic carbocycles. The van der Waals surface area contributed by atoms with Crippen molar-refractivity contribution in [3.63, 3.8) is 0 Å². The standard InChI is InChI=1S/C33H40FN3O5.ClH/c1-23(2)42-31(39)22-41-29(26-15-14-24-10-5-6-11-25(24)20-26)16-19-35(3)17-7-8-18-37-28-13-9-12-27(34)32(28)33(40)36(4)21-30(37)38;/h5-6,9-15,20,23,29H,7-8,16-19,21-22H2,1-4H3;1H. The summed E-state index contributed by atoms with van der Waals surface area (Å²) in [5.41, 5.74) is 1.28. The van der Waals surface area contributed by atoms with Gasteiger partial charge in [-0.2, -0.15) is 0 Å². The molecule has 0 radical (unpaired) electrons. The second-order valence-corrected chi connectivity index (χ2v) is 11.1. The molecule has 0 saturated heterocycles. The summed E-state index contributed by atoms with van der Waals surface area (Å²) in [7, 11) is 3.54. The van der Waals surface area contributed by atoms with Crippen molar-refractivity contribution in [2.45, 2.75) is 45.3 Å². The summed E-state index contributed by atoms with van der Waals surface area (Å²) >= 11 is 0. The highest BCUT2D eigenvalue weighted by molar-refractivity contribution is 6.09. The second-order valence-electron chi connectivity index (χ2n) is 11.1. The summed E-state index contributed by atoms with van der Waals surface area (Å²) in [5, 5.41) is 2.25. The van der Waals surface area contributed by atoms with Crippen molar-refractivity contribution in [3.05, 3.63) is 77.6 Å². The monoisotopic (exact) mass is 613 g/mol. The van der Waals surface area contributed by atoms with Gasteiger partial charge in [-0.1, -0.05) is 42.5 Å². The van der Waals surface area contributed by atoms with Crippen LogP contribution in [0.1, 0.15) is 55.1 Å². The minimum Gasteiger partial charge on any atom is -0.461 e. The Morgan fingerprint density at radius 2 is 1.74 bits per heavy atom. The summed E-state index contributed by atoms with van der Waals surface area (Å²) in [4.78, 5) is 42.7. The van der Waals surface area contributed by atoms with E-state index in [4.69, 9.17) is 9.47 Å². The number of anilines is 1. The zero-order valence-electron chi connectivity index (χ0n) is 25.3. The summed E-state index contributed by atoms with van der Waals surface area (Å²) in [6.45, 7) is 5.31. The molecule has 1 heterocycles. The molecule has 232 valence electrons. The Bertz CT molecular complexity index is 1420. The summed E-state index contributed by atoms with van der Waals surface area (Å²) in [6, 6.07) is 18.7. The third-order valence-electron chi connectivity index (χ3n) is 7.38. The minimum atomic E-state index is -0.621. The molecule has 0 saturated carbocycles. The van der Waals surface area contributed by atoms with E-state index in [9.17, 15) is 18.8 Å². The maximum absolute atomic E-state index is 14.5. The number of carbonyl (C=O) groups is 3. The van der Waals surface area contributed by atoms with Crippen molar-refractivity contribution in [3.8, 4) is 0 Å². The van der Waals surface area contributed by atoms with Crippen LogP contribution in [0.25, 0.3) is 10.8 Å². The van der Waals surface area contributed by atoms with Crippen LogP contribution in [0.2, 0.25) is 0 Å². The fourth-order valence-corrected chi connectivity index (χ4v) is 5.20. The Kier molecular flexibility index (Phi) is 12.5. The minimum absolute atomic E-state index is 0. The molecule has 0 aromatic heterocycles. The van der Waals surface area contributed by atoms with Crippen molar-refractivity contribution in [2.24, 2.45) is 0 Å². The van der Waals surface area contributed by atoms with E-state index in [1.807, 2.05) is 39.1 Å². The fourth-order valence-electron chi connectivity index (χ4n) is 5.20. The summed E-state index contributed by atoms with van der Waals surface area (Å²) in [5.74, 6) is -1.72. The van der Waals surface area contributed by atoms with E-state index >= 15 is 0 Å². The van der Waals surface area contributed by atoms with Crippen LogP contribution in [0, 0.1) is 5.82 Å². The fraction of sp³-hybridized carbons (Fsp3) is 0.424. The normalized spacial score (nSPS) is 14.1. The highest BCUT2D eigenvalue weighted by Gasteiger charge is 2.31. The van der Waals surface area contributed by atoms with E-state index in [1.165, 1.54) is 29.0 Å². The number of benzene rings is 3. The number of rotatable bonds is 13. The average molecular weight is 614 g/mol. The van der Waals surface area contributed by atoms with Crippen LogP contribution in [0.15, 0.2) is 60.7 Å². The van der Waals surface area contributed by atoms with Gasteiger partial charge in [-0.3, -0.25) is 9.59 Å². The number of likely N-dealkylation sites (N-methyl/N-ethyl adjacent to an activating group) is 1. The molecule has 0 fully saturated rings. The second kappa shape index (κ2) is 15.8. The van der Waals surface area contributed by atoms with Gasteiger partial charge in [0.05, 0.1) is 23.5 Å². The first-order chi connectivity index (χ1) is 20.1. The predicted octanol–water partition coefficient (Wildman–Crippen LogP) is 5.63. The molecule has 1 unspecified atom stereocenters. The molecule has 3 aromatic rings. The molecule has 3 aromatic carbocycles. The first-order valence-electron chi connectivity index (χ1n) is 14.5. The van der Waals surface area contributed by atoms with Gasteiger partial charge in [0.25, 0.3) is 5.91 Å². The predicted molar refractivity (Wildman–Crippen MR) is 168 cm³/mol. The Labute approximate surface area is 259 Å². The zero-order chi connectivity index (χ0) is 30.2. The van der Waals surface area contributed by atoms with Gasteiger partial charge in [0.15, 0.2) is 0 Å². The van der Waals surface area contributed by atoms with E-state index < -0.39 is 11.7 Å². The first-order valence-corrected chi connectivity index (χ1v) is 14.5. The lowest BCUT2D eigenvalue weighted by Gasteiger charge is -2.24. The van der Waals surface area contributed by atoms with Gasteiger partial charge in [-0.05, 0) is 81.2 Å². The molecule has 1 atom stereocenters. The quantitative estimate of drug-likeness (QED) is 0.184. The van der Waals surface area contributed by atoms with E-state index in [0.717, 1.165) is 35.8 Å². The number of hydrogen-bond donors (Lipinski definition) is 0. The number of unbranched alkanes of at least 4 members (excludes halogenated alkanes) is 1. The maximum atomic E-state index is 14.5. The molecule has 1 aliphatic rings. The highest BCUT2D eigenvalue weighted by atomic mass is 35.5. The topological polar surface area (TPSA) is 79.4 Å². The Morgan fingerprint density at radius 3 is 2.49 bits per heavy atom. The number of esters is 1. The lowest BCUT2D eigenvalue weighted by molar-refractivity contribution is -0.155. The van der Waals surface area contributed by atoms with Crippen LogP contribution < -0.4 is 4.90 Å². The molecule has 10 heteroatoms. The lowest BCUT2D eigenvalue weighted by atomic mass is 10.0. The van der Waals surface area contributed by atoms with Crippen LogP contribution in [0.3, 0.4) is 0 Å². The highest BCUT2D eigenvalue weighted by Crippen LogP contribution is 2.28. The molecule has 0 spiro atoms. The number of halogens is 2. The van der Waals surface area contributed by atoms with E-state index in [0.29, 0.717) is 25.1 Å². The zero-order valence-corrected chi connectivity index (χ0v) is 26.1. The first kappa shape index (κ1) is 34.0. The molecule has 4 rings (SSSR count). The lowest BCUT2D eigenvalue weighted by Crippen LogP contribution is -2.38. The molecular weight excluding hydrogens is 573 g/mol. The van der Waals surface area contributed by atoms with Gasteiger partial charge in [0, 0.05) is 20.1 Å². The molecule has 8 nitrogen and oxygen atoms in total. The molecule has 43 heavy (non-hydrogen) atoms. The number of amides is 2. The number of fused-ring (bicyclic) bond motifs is 2. The largest absolute Gasteiger partial charge is 0.461 e. The third kappa shape index (κ3) is 8.98. The van der Waals surface area contributed by atoms with Crippen molar-refractivity contribution < 1.29 is 28.2 Å². The summed E-state index contributed by atoms with van der Waals surface area (Å²) < 4.78 is 25.9. The van der Waals surface area contributed by atoms with E-state index in [2.05, 4.69) is 29.2 Å². The van der Waals surface area contributed by atoms with E-state index in [-0.39, 0.29) is 55.2 Å². The van der Waals surface area contributed by atoms with Crippen molar-refractivity contribution >= 4 is 46.7 Å². The van der Waals surface area contributed by atoms with Crippen LogP contribution in [-0.2, 0) is 19.1 Å². The smallest absolute Gasteiger partial charge is 0.332 e. The molecular formula is C33H41ClFN3O5. The molecule has 2 amide bonds. The van der Waals surface area contributed by atoms with Crippen molar-refractivity contribution in [1.29, 1.82) is 0 Å². The van der Waals surface area contributed by atoms with Crippen LogP contribution in [-0.4, -0.2) is 80.6 Å². The van der Waals surface area contributed by atoms with Crippen LogP contribution in [0.4, 0.5) is 10.1 Å².